The molecule has 0 fully saturated rings. The Morgan fingerprint density at radius 2 is 1.91 bits per heavy atom. The predicted molar refractivity (Wildman–Crippen MR) is 90.9 cm³/mol. The van der Waals surface area contributed by atoms with E-state index in [0.717, 1.165) is 0 Å². The van der Waals surface area contributed by atoms with Crippen LogP contribution < -0.4 is 10.5 Å². The highest BCUT2D eigenvalue weighted by molar-refractivity contribution is 9.10. The lowest BCUT2D eigenvalue weighted by molar-refractivity contribution is 0.0965. The van der Waals surface area contributed by atoms with Gasteiger partial charge in [0, 0.05) is 17.1 Å². The summed E-state index contributed by atoms with van der Waals surface area (Å²) < 4.78 is 7.28. The summed E-state index contributed by atoms with van der Waals surface area (Å²) in [6.45, 7) is 0. The van der Waals surface area contributed by atoms with Gasteiger partial charge in [0.25, 0.3) is 11.8 Å². The van der Waals surface area contributed by atoms with Crippen molar-refractivity contribution in [3.05, 3.63) is 64.3 Å². The lowest BCUT2D eigenvalue weighted by Crippen LogP contribution is -2.12. The minimum atomic E-state index is -0.566. The molecule has 1 aromatic heterocycles. The standard InChI is InChI=1S/C17H13BrN2O3/c1-23-15-7-6-10(8-13(15)18)17(22)20-9-12(16(19)21)11-4-2-3-5-14(11)20/h2-9H,1H3,(H2,19,21). The molecule has 6 heteroatoms. The van der Waals surface area contributed by atoms with Gasteiger partial charge < -0.3 is 10.5 Å². The van der Waals surface area contributed by atoms with E-state index in [-0.39, 0.29) is 5.91 Å². The molecule has 1 amide bonds. The van der Waals surface area contributed by atoms with E-state index in [2.05, 4.69) is 15.9 Å². The van der Waals surface area contributed by atoms with Gasteiger partial charge in [0.15, 0.2) is 0 Å². The molecule has 0 aliphatic carbocycles. The van der Waals surface area contributed by atoms with Crippen LogP contribution in [0.4, 0.5) is 0 Å². The summed E-state index contributed by atoms with van der Waals surface area (Å²) in [5, 5.41) is 0.654. The molecule has 3 aromatic rings. The number of hydrogen-bond acceptors (Lipinski definition) is 3. The predicted octanol–water partition coefficient (Wildman–Crippen LogP) is 3.20. The van der Waals surface area contributed by atoms with Crippen LogP contribution >= 0.6 is 15.9 Å². The number of nitrogens with two attached hydrogens (primary N) is 1. The van der Waals surface area contributed by atoms with E-state index in [1.54, 1.807) is 49.6 Å². The van der Waals surface area contributed by atoms with Crippen LogP contribution in [-0.2, 0) is 0 Å². The fraction of sp³-hybridized carbons (Fsp3) is 0.0588. The highest BCUT2D eigenvalue weighted by Gasteiger charge is 2.18. The number of para-hydroxylation sites is 1. The van der Waals surface area contributed by atoms with Crippen LogP contribution in [-0.4, -0.2) is 23.5 Å². The number of amides is 1. The molecule has 1 heterocycles. The highest BCUT2D eigenvalue weighted by atomic mass is 79.9. The van der Waals surface area contributed by atoms with Crippen molar-refractivity contribution in [2.24, 2.45) is 5.73 Å². The number of benzene rings is 2. The average molecular weight is 373 g/mol. The third-order valence-corrected chi connectivity index (χ3v) is 4.21. The lowest BCUT2D eigenvalue weighted by atomic mass is 10.1. The molecule has 2 N–H and O–H groups in total. The number of ether oxygens (including phenoxy) is 1. The number of hydrogen-bond donors (Lipinski definition) is 1. The van der Waals surface area contributed by atoms with Crippen LogP contribution in [0.2, 0.25) is 0 Å². The highest BCUT2D eigenvalue weighted by Crippen LogP contribution is 2.27. The van der Waals surface area contributed by atoms with E-state index in [9.17, 15) is 9.59 Å². The second-order valence-electron chi connectivity index (χ2n) is 4.95. The minimum Gasteiger partial charge on any atom is -0.496 e. The first-order valence-electron chi connectivity index (χ1n) is 6.81. The average Bonchev–Trinajstić information content (AvgIpc) is 2.94. The third-order valence-electron chi connectivity index (χ3n) is 3.59. The quantitative estimate of drug-likeness (QED) is 0.766. The van der Waals surface area contributed by atoms with Gasteiger partial charge in [-0.05, 0) is 40.2 Å². The molecule has 0 atom stereocenters. The molecule has 0 spiro atoms. The van der Waals surface area contributed by atoms with E-state index in [1.807, 2.05) is 0 Å². The number of aromatic nitrogens is 1. The Hall–Kier alpha value is -2.60. The molecular formula is C17H13BrN2O3. The van der Waals surface area contributed by atoms with Crippen molar-refractivity contribution >= 4 is 38.6 Å². The first kappa shape index (κ1) is 15.3. The van der Waals surface area contributed by atoms with Crippen molar-refractivity contribution in [2.75, 3.05) is 7.11 Å². The van der Waals surface area contributed by atoms with E-state index in [4.69, 9.17) is 10.5 Å². The van der Waals surface area contributed by atoms with Crippen molar-refractivity contribution in [1.29, 1.82) is 0 Å². The second-order valence-corrected chi connectivity index (χ2v) is 5.80. The third kappa shape index (κ3) is 2.61. The van der Waals surface area contributed by atoms with Crippen molar-refractivity contribution in [1.82, 2.24) is 4.57 Å². The van der Waals surface area contributed by atoms with E-state index in [1.165, 1.54) is 10.8 Å². The summed E-state index contributed by atoms with van der Waals surface area (Å²) in [7, 11) is 1.56. The number of carbonyl (C=O) groups is 2. The van der Waals surface area contributed by atoms with Crippen molar-refractivity contribution in [3.8, 4) is 5.75 Å². The molecule has 116 valence electrons. The van der Waals surface area contributed by atoms with Crippen LogP contribution in [0.5, 0.6) is 5.75 Å². The van der Waals surface area contributed by atoms with Crippen molar-refractivity contribution in [3.63, 3.8) is 0 Å². The van der Waals surface area contributed by atoms with Crippen LogP contribution in [0.15, 0.2) is 53.1 Å². The van der Waals surface area contributed by atoms with Crippen LogP contribution in [0.1, 0.15) is 20.7 Å². The maximum Gasteiger partial charge on any atom is 0.262 e. The summed E-state index contributed by atoms with van der Waals surface area (Å²) in [5.74, 6) is -0.183. The largest absolute Gasteiger partial charge is 0.496 e. The lowest BCUT2D eigenvalue weighted by Gasteiger charge is -2.07. The number of rotatable bonds is 3. The number of halogens is 1. The van der Waals surface area contributed by atoms with Crippen molar-refractivity contribution in [2.45, 2.75) is 0 Å². The minimum absolute atomic E-state index is 0.253. The Morgan fingerprint density at radius 1 is 1.17 bits per heavy atom. The van der Waals surface area contributed by atoms with Gasteiger partial charge in [-0.15, -0.1) is 0 Å². The molecular weight excluding hydrogens is 360 g/mol. The number of methoxy groups -OCH3 is 1. The summed E-state index contributed by atoms with van der Waals surface area (Å²) in [6, 6.07) is 12.2. The molecule has 0 saturated carbocycles. The van der Waals surface area contributed by atoms with Gasteiger partial charge in [-0.25, -0.2) is 0 Å². The molecule has 0 aliphatic rings. The van der Waals surface area contributed by atoms with Gasteiger partial charge >= 0.3 is 0 Å². The van der Waals surface area contributed by atoms with Gasteiger partial charge in [-0.1, -0.05) is 18.2 Å². The van der Waals surface area contributed by atoms with E-state index in [0.29, 0.717) is 32.3 Å². The fourth-order valence-corrected chi connectivity index (χ4v) is 3.02. The zero-order valence-electron chi connectivity index (χ0n) is 12.2. The summed E-state index contributed by atoms with van der Waals surface area (Å²) in [6.07, 6.45) is 1.48. The zero-order chi connectivity index (χ0) is 16.6. The first-order valence-corrected chi connectivity index (χ1v) is 7.60. The van der Waals surface area contributed by atoms with Gasteiger partial charge in [0.2, 0.25) is 0 Å². The second kappa shape index (κ2) is 5.89. The SMILES string of the molecule is COc1ccc(C(=O)n2cc(C(N)=O)c3ccccc32)cc1Br. The Labute approximate surface area is 140 Å². The van der Waals surface area contributed by atoms with E-state index < -0.39 is 5.91 Å². The molecule has 0 unspecified atom stereocenters. The molecule has 0 saturated heterocycles. The number of carbonyl (C=O) groups excluding carboxylic acids is 2. The number of primary amides is 1. The van der Waals surface area contributed by atoms with Crippen LogP contribution in [0.3, 0.4) is 0 Å². The Bertz CT molecular complexity index is 931. The number of nitrogens with zero attached hydrogens (tertiary/aromatic N) is 1. The maximum atomic E-state index is 12.8. The van der Waals surface area contributed by atoms with Gasteiger partial charge in [-0.3, -0.25) is 14.2 Å². The smallest absolute Gasteiger partial charge is 0.262 e. The van der Waals surface area contributed by atoms with Crippen LogP contribution in [0.25, 0.3) is 10.9 Å². The molecule has 0 bridgehead atoms. The van der Waals surface area contributed by atoms with Gasteiger partial charge in [-0.2, -0.15) is 0 Å². The van der Waals surface area contributed by atoms with Gasteiger partial charge in [0.1, 0.15) is 5.75 Å². The molecule has 3 rings (SSSR count). The Balaban J connectivity index is 2.15. The Kier molecular flexibility index (Phi) is 3.92. The fourth-order valence-electron chi connectivity index (χ4n) is 2.48. The Morgan fingerprint density at radius 3 is 2.57 bits per heavy atom. The summed E-state index contributed by atoms with van der Waals surface area (Å²) in [4.78, 5) is 24.4. The van der Waals surface area contributed by atoms with Crippen molar-refractivity contribution < 1.29 is 14.3 Å². The molecule has 23 heavy (non-hydrogen) atoms. The first-order chi connectivity index (χ1) is 11.0. The molecule has 0 aliphatic heterocycles. The summed E-state index contributed by atoms with van der Waals surface area (Å²) >= 11 is 3.37. The molecule has 2 aromatic carbocycles. The zero-order valence-corrected chi connectivity index (χ0v) is 13.8. The van der Waals surface area contributed by atoms with E-state index >= 15 is 0 Å². The van der Waals surface area contributed by atoms with Gasteiger partial charge in [0.05, 0.1) is 22.7 Å². The number of fused-ring (bicyclic) bond motifs is 1. The monoisotopic (exact) mass is 372 g/mol. The van der Waals surface area contributed by atoms with Crippen LogP contribution in [0, 0.1) is 0 Å². The normalized spacial score (nSPS) is 10.7. The summed E-state index contributed by atoms with van der Waals surface area (Å²) in [5.41, 5.74) is 6.83. The topological polar surface area (TPSA) is 74.3 Å². The molecule has 5 nitrogen and oxygen atoms in total. The maximum absolute atomic E-state index is 12.8. The molecule has 0 radical (unpaired) electrons.